The lowest BCUT2D eigenvalue weighted by atomic mass is 9.83. The summed E-state index contributed by atoms with van der Waals surface area (Å²) in [6.45, 7) is 3.22. The number of carbonyl (C=O) groups excluding carboxylic acids is 2. The first-order valence-corrected chi connectivity index (χ1v) is 9.99. The second kappa shape index (κ2) is 10.1. The minimum atomic E-state index is -0.159. The predicted molar refractivity (Wildman–Crippen MR) is 105 cm³/mol. The van der Waals surface area contributed by atoms with Gasteiger partial charge in [0.05, 0.1) is 12.1 Å². The Bertz CT molecular complexity index is 729. The molecule has 8 nitrogen and oxygen atoms in total. The SMILES string of the molecule is CCCO[C@@H]1C[C@@H](C(=O)NCCc2ncc[nH]2)CC[C@H]1NC(=O)c1ccc[nH]1. The fraction of sp³-hybridized carbons (Fsp3) is 0.550. The van der Waals surface area contributed by atoms with Gasteiger partial charge in [0.2, 0.25) is 5.91 Å². The number of nitrogens with one attached hydrogen (secondary N) is 4. The van der Waals surface area contributed by atoms with Crippen LogP contribution in [0.3, 0.4) is 0 Å². The lowest BCUT2D eigenvalue weighted by Crippen LogP contribution is -2.50. The zero-order valence-corrected chi connectivity index (χ0v) is 16.2. The number of amides is 2. The van der Waals surface area contributed by atoms with E-state index in [1.807, 2.05) is 6.92 Å². The molecule has 0 aliphatic heterocycles. The molecule has 1 fully saturated rings. The van der Waals surface area contributed by atoms with Gasteiger partial charge in [0.1, 0.15) is 11.5 Å². The quantitative estimate of drug-likeness (QED) is 0.525. The van der Waals surface area contributed by atoms with Gasteiger partial charge in [-0.05, 0) is 37.8 Å². The number of aromatic amines is 2. The standard InChI is InChI=1S/C20H29N5O3/c1-2-12-28-17-13-14(19(26)24-9-7-18-22-10-11-23-18)5-6-15(17)25-20(27)16-4-3-8-21-16/h3-4,8,10-11,14-15,17,21H,2,5-7,9,12-13H2,1H3,(H,22,23)(H,24,26)(H,25,27)/t14-,15+,17+/m0/s1. The second-order valence-electron chi connectivity index (χ2n) is 7.16. The molecule has 0 unspecified atom stereocenters. The number of aromatic nitrogens is 3. The Kier molecular flexibility index (Phi) is 7.25. The number of H-pyrrole nitrogens is 2. The zero-order valence-electron chi connectivity index (χ0n) is 16.2. The van der Waals surface area contributed by atoms with E-state index in [0.717, 1.165) is 25.1 Å². The molecule has 2 heterocycles. The topological polar surface area (TPSA) is 112 Å². The van der Waals surface area contributed by atoms with E-state index in [1.165, 1.54) is 0 Å². The molecule has 4 N–H and O–H groups in total. The molecule has 1 saturated carbocycles. The minimum absolute atomic E-state index is 0.0470. The third kappa shape index (κ3) is 5.45. The van der Waals surface area contributed by atoms with Gasteiger partial charge in [-0.2, -0.15) is 0 Å². The maximum atomic E-state index is 12.6. The normalized spacial score (nSPS) is 22.0. The summed E-state index contributed by atoms with van der Waals surface area (Å²) in [7, 11) is 0. The number of rotatable bonds is 9. The summed E-state index contributed by atoms with van der Waals surface area (Å²) in [5.41, 5.74) is 0.534. The number of imidazole rings is 1. The molecule has 3 rings (SSSR count). The van der Waals surface area contributed by atoms with Gasteiger partial charge in [0, 0.05) is 44.1 Å². The Morgan fingerprint density at radius 3 is 2.89 bits per heavy atom. The highest BCUT2D eigenvalue weighted by Gasteiger charge is 2.35. The monoisotopic (exact) mass is 387 g/mol. The van der Waals surface area contributed by atoms with Crippen molar-refractivity contribution in [1.29, 1.82) is 0 Å². The molecular formula is C20H29N5O3. The van der Waals surface area contributed by atoms with Crippen molar-refractivity contribution in [3.63, 3.8) is 0 Å². The maximum Gasteiger partial charge on any atom is 0.267 e. The summed E-state index contributed by atoms with van der Waals surface area (Å²) in [6.07, 6.45) is 8.68. The van der Waals surface area contributed by atoms with E-state index in [1.54, 1.807) is 30.7 Å². The second-order valence-corrected chi connectivity index (χ2v) is 7.16. The van der Waals surface area contributed by atoms with Crippen molar-refractivity contribution in [1.82, 2.24) is 25.6 Å². The molecule has 2 aromatic rings. The Morgan fingerprint density at radius 1 is 1.29 bits per heavy atom. The Balaban J connectivity index is 1.51. The number of carbonyl (C=O) groups is 2. The van der Waals surface area contributed by atoms with Gasteiger partial charge in [0.15, 0.2) is 0 Å². The van der Waals surface area contributed by atoms with Crippen molar-refractivity contribution in [2.75, 3.05) is 13.2 Å². The van der Waals surface area contributed by atoms with Crippen molar-refractivity contribution in [3.8, 4) is 0 Å². The Labute approximate surface area is 164 Å². The number of hydrogen-bond donors (Lipinski definition) is 4. The highest BCUT2D eigenvalue weighted by atomic mass is 16.5. The molecule has 0 bridgehead atoms. The van der Waals surface area contributed by atoms with Gasteiger partial charge < -0.3 is 25.3 Å². The predicted octanol–water partition coefficient (Wildman–Crippen LogP) is 1.79. The van der Waals surface area contributed by atoms with E-state index in [0.29, 0.717) is 31.7 Å². The van der Waals surface area contributed by atoms with Crippen molar-refractivity contribution < 1.29 is 14.3 Å². The first-order valence-electron chi connectivity index (χ1n) is 9.99. The number of ether oxygens (including phenoxy) is 1. The van der Waals surface area contributed by atoms with Gasteiger partial charge in [-0.3, -0.25) is 9.59 Å². The molecular weight excluding hydrogens is 358 g/mol. The third-order valence-corrected chi connectivity index (χ3v) is 5.07. The van der Waals surface area contributed by atoms with Crippen LogP contribution < -0.4 is 10.6 Å². The lowest BCUT2D eigenvalue weighted by molar-refractivity contribution is -0.128. The van der Waals surface area contributed by atoms with Crippen LogP contribution >= 0.6 is 0 Å². The van der Waals surface area contributed by atoms with E-state index < -0.39 is 0 Å². The van der Waals surface area contributed by atoms with Gasteiger partial charge in [-0.1, -0.05) is 6.92 Å². The minimum Gasteiger partial charge on any atom is -0.376 e. The molecule has 2 aromatic heterocycles. The van der Waals surface area contributed by atoms with Crippen LogP contribution in [0.1, 0.15) is 48.9 Å². The molecule has 1 aliphatic rings. The fourth-order valence-electron chi connectivity index (χ4n) is 3.59. The van der Waals surface area contributed by atoms with Crippen LogP contribution in [0.4, 0.5) is 0 Å². The van der Waals surface area contributed by atoms with Crippen molar-refractivity contribution >= 4 is 11.8 Å². The number of hydrogen-bond acceptors (Lipinski definition) is 4. The summed E-state index contributed by atoms with van der Waals surface area (Å²) in [6, 6.07) is 3.45. The van der Waals surface area contributed by atoms with Crippen LogP contribution in [0.15, 0.2) is 30.7 Å². The van der Waals surface area contributed by atoms with Crippen LogP contribution in [-0.2, 0) is 16.0 Å². The summed E-state index contributed by atoms with van der Waals surface area (Å²) in [4.78, 5) is 35.1. The molecule has 2 amide bonds. The van der Waals surface area contributed by atoms with Gasteiger partial charge >= 0.3 is 0 Å². The summed E-state index contributed by atoms with van der Waals surface area (Å²) >= 11 is 0. The van der Waals surface area contributed by atoms with Crippen LogP contribution in [0.2, 0.25) is 0 Å². The van der Waals surface area contributed by atoms with E-state index in [4.69, 9.17) is 4.74 Å². The summed E-state index contributed by atoms with van der Waals surface area (Å²) < 4.78 is 5.99. The number of nitrogens with zero attached hydrogens (tertiary/aromatic N) is 1. The molecule has 3 atom stereocenters. The highest BCUT2D eigenvalue weighted by molar-refractivity contribution is 5.92. The lowest BCUT2D eigenvalue weighted by Gasteiger charge is -2.35. The third-order valence-electron chi connectivity index (χ3n) is 5.07. The van der Waals surface area contributed by atoms with Crippen molar-refractivity contribution in [2.45, 2.75) is 51.2 Å². The van der Waals surface area contributed by atoms with Crippen LogP contribution in [0.25, 0.3) is 0 Å². The molecule has 8 heteroatoms. The molecule has 0 radical (unpaired) electrons. The van der Waals surface area contributed by atoms with Crippen LogP contribution in [0.5, 0.6) is 0 Å². The van der Waals surface area contributed by atoms with E-state index in [-0.39, 0.29) is 29.9 Å². The Hall–Kier alpha value is -2.61. The molecule has 0 aromatic carbocycles. The molecule has 0 spiro atoms. The molecule has 1 aliphatic carbocycles. The molecule has 152 valence electrons. The van der Waals surface area contributed by atoms with Gasteiger partial charge in [-0.25, -0.2) is 4.98 Å². The maximum absolute atomic E-state index is 12.6. The van der Waals surface area contributed by atoms with E-state index >= 15 is 0 Å². The van der Waals surface area contributed by atoms with Crippen LogP contribution in [0, 0.1) is 5.92 Å². The van der Waals surface area contributed by atoms with Crippen molar-refractivity contribution in [3.05, 3.63) is 42.2 Å². The first-order chi connectivity index (χ1) is 13.7. The Morgan fingerprint density at radius 2 is 2.18 bits per heavy atom. The smallest absolute Gasteiger partial charge is 0.267 e. The first kappa shape index (κ1) is 20.1. The van der Waals surface area contributed by atoms with Crippen LogP contribution in [-0.4, -0.2) is 52.1 Å². The summed E-state index contributed by atoms with van der Waals surface area (Å²) in [5, 5.41) is 6.06. The van der Waals surface area contributed by atoms with Crippen molar-refractivity contribution in [2.24, 2.45) is 5.92 Å². The van der Waals surface area contributed by atoms with E-state index in [9.17, 15) is 9.59 Å². The average Bonchev–Trinajstić information content (AvgIpc) is 3.41. The molecule has 0 saturated heterocycles. The molecule has 28 heavy (non-hydrogen) atoms. The van der Waals surface area contributed by atoms with Gasteiger partial charge in [0.25, 0.3) is 5.91 Å². The summed E-state index contributed by atoms with van der Waals surface area (Å²) in [5.74, 6) is 0.671. The zero-order chi connectivity index (χ0) is 19.8. The highest BCUT2D eigenvalue weighted by Crippen LogP contribution is 2.27. The largest absolute Gasteiger partial charge is 0.376 e. The van der Waals surface area contributed by atoms with Gasteiger partial charge in [-0.15, -0.1) is 0 Å². The fourth-order valence-corrected chi connectivity index (χ4v) is 3.59. The van der Waals surface area contributed by atoms with E-state index in [2.05, 4.69) is 25.6 Å². The average molecular weight is 387 g/mol.